The van der Waals surface area contributed by atoms with Crippen LogP contribution in [0, 0.1) is 0 Å². The SMILES string of the molecule is COc1cc(C2NCCc3c2[nH]c2ccccc32)cc(OC)c1OC.Cl. The molecule has 1 aromatic heterocycles. The zero-order valence-electron chi connectivity index (χ0n) is 15.1. The second-order valence-electron chi connectivity index (χ2n) is 6.16. The maximum atomic E-state index is 5.51. The molecule has 0 saturated carbocycles. The van der Waals surface area contributed by atoms with E-state index in [1.54, 1.807) is 21.3 Å². The van der Waals surface area contributed by atoms with E-state index in [2.05, 4.69) is 34.6 Å². The minimum atomic E-state index is 0. The largest absolute Gasteiger partial charge is 0.493 e. The molecule has 26 heavy (non-hydrogen) atoms. The van der Waals surface area contributed by atoms with Crippen LogP contribution in [-0.2, 0) is 6.42 Å². The highest BCUT2D eigenvalue weighted by molar-refractivity contribution is 5.85. The number of aromatic amines is 1. The number of fused-ring (bicyclic) bond motifs is 3. The van der Waals surface area contributed by atoms with Crippen LogP contribution in [0.15, 0.2) is 36.4 Å². The number of halogens is 1. The number of ether oxygens (including phenoxy) is 3. The van der Waals surface area contributed by atoms with Crippen molar-refractivity contribution in [1.82, 2.24) is 10.3 Å². The van der Waals surface area contributed by atoms with Gasteiger partial charge in [-0.3, -0.25) is 0 Å². The number of nitrogens with one attached hydrogen (secondary N) is 2. The number of H-pyrrole nitrogens is 1. The predicted molar refractivity (Wildman–Crippen MR) is 105 cm³/mol. The molecule has 0 radical (unpaired) electrons. The first-order valence-corrected chi connectivity index (χ1v) is 8.39. The summed E-state index contributed by atoms with van der Waals surface area (Å²) in [5, 5.41) is 4.91. The van der Waals surface area contributed by atoms with Crippen LogP contribution < -0.4 is 19.5 Å². The molecule has 2 aromatic carbocycles. The third-order valence-electron chi connectivity index (χ3n) is 4.88. The van der Waals surface area contributed by atoms with Gasteiger partial charge in [0.1, 0.15) is 0 Å². The number of hydrogen-bond donors (Lipinski definition) is 2. The molecule has 4 rings (SSSR count). The number of rotatable bonds is 4. The van der Waals surface area contributed by atoms with Crippen LogP contribution in [-0.4, -0.2) is 32.9 Å². The van der Waals surface area contributed by atoms with E-state index in [1.807, 2.05) is 12.1 Å². The van der Waals surface area contributed by atoms with Crippen molar-refractivity contribution < 1.29 is 14.2 Å². The molecule has 1 unspecified atom stereocenters. The average molecular weight is 375 g/mol. The summed E-state index contributed by atoms with van der Waals surface area (Å²) in [7, 11) is 4.90. The Bertz CT molecular complexity index is 898. The van der Waals surface area contributed by atoms with Crippen LogP contribution in [0.4, 0.5) is 0 Å². The van der Waals surface area contributed by atoms with Crippen molar-refractivity contribution in [2.45, 2.75) is 12.5 Å². The lowest BCUT2D eigenvalue weighted by atomic mass is 9.94. The molecule has 0 spiro atoms. The van der Waals surface area contributed by atoms with E-state index < -0.39 is 0 Å². The Morgan fingerprint density at radius 2 is 1.65 bits per heavy atom. The normalized spacial score (nSPS) is 15.9. The molecule has 0 fully saturated rings. The van der Waals surface area contributed by atoms with Gasteiger partial charge in [0, 0.05) is 23.1 Å². The lowest BCUT2D eigenvalue weighted by Crippen LogP contribution is -2.30. The molecule has 6 heteroatoms. The van der Waals surface area contributed by atoms with Crippen molar-refractivity contribution in [3.05, 3.63) is 53.2 Å². The second kappa shape index (κ2) is 7.48. The smallest absolute Gasteiger partial charge is 0.203 e. The molecule has 0 bridgehead atoms. The molecule has 0 saturated heterocycles. The first-order valence-electron chi connectivity index (χ1n) is 8.39. The summed E-state index contributed by atoms with van der Waals surface area (Å²) in [6.45, 7) is 0.927. The standard InChI is InChI=1S/C20H22N2O3.ClH/c1-23-16-10-12(11-17(24-2)20(16)25-3)18-19-14(8-9-21-18)13-6-4-5-7-15(13)22-19;/h4-7,10-11,18,21-22H,8-9H2,1-3H3;1H. The predicted octanol–water partition coefficient (Wildman–Crippen LogP) is 3.85. The van der Waals surface area contributed by atoms with Gasteiger partial charge >= 0.3 is 0 Å². The molecular weight excluding hydrogens is 352 g/mol. The van der Waals surface area contributed by atoms with Crippen molar-refractivity contribution >= 4 is 23.3 Å². The Kier molecular flexibility index (Phi) is 5.30. The number of hydrogen-bond acceptors (Lipinski definition) is 4. The zero-order valence-corrected chi connectivity index (χ0v) is 15.9. The first kappa shape index (κ1) is 18.4. The summed E-state index contributed by atoms with van der Waals surface area (Å²) in [5.41, 5.74) is 4.85. The molecule has 2 heterocycles. The van der Waals surface area contributed by atoms with E-state index in [0.717, 1.165) is 18.5 Å². The highest BCUT2D eigenvalue weighted by atomic mass is 35.5. The number of aromatic nitrogens is 1. The maximum absolute atomic E-state index is 5.51. The van der Waals surface area contributed by atoms with Crippen molar-refractivity contribution in [1.29, 1.82) is 0 Å². The van der Waals surface area contributed by atoms with E-state index in [0.29, 0.717) is 17.2 Å². The monoisotopic (exact) mass is 374 g/mol. The van der Waals surface area contributed by atoms with Crippen LogP contribution in [0.1, 0.15) is 22.9 Å². The van der Waals surface area contributed by atoms with Crippen LogP contribution in [0.3, 0.4) is 0 Å². The average Bonchev–Trinajstić information content (AvgIpc) is 3.05. The fraction of sp³-hybridized carbons (Fsp3) is 0.300. The van der Waals surface area contributed by atoms with Crippen molar-refractivity contribution in [3.63, 3.8) is 0 Å². The highest BCUT2D eigenvalue weighted by Gasteiger charge is 2.27. The molecule has 1 aliphatic rings. The van der Waals surface area contributed by atoms with Gasteiger partial charge in [0.05, 0.1) is 27.4 Å². The van der Waals surface area contributed by atoms with Gasteiger partial charge in [-0.25, -0.2) is 0 Å². The lowest BCUT2D eigenvalue weighted by molar-refractivity contribution is 0.323. The molecule has 5 nitrogen and oxygen atoms in total. The third-order valence-corrected chi connectivity index (χ3v) is 4.88. The zero-order chi connectivity index (χ0) is 17.4. The number of benzene rings is 2. The molecule has 0 amide bonds. The van der Waals surface area contributed by atoms with E-state index >= 15 is 0 Å². The summed E-state index contributed by atoms with van der Waals surface area (Å²) in [6.07, 6.45) is 1.01. The minimum Gasteiger partial charge on any atom is -0.493 e. The van der Waals surface area contributed by atoms with Gasteiger partial charge in [0.15, 0.2) is 11.5 Å². The van der Waals surface area contributed by atoms with Crippen molar-refractivity contribution in [2.75, 3.05) is 27.9 Å². The van der Waals surface area contributed by atoms with Gasteiger partial charge in [0.2, 0.25) is 5.75 Å². The Morgan fingerprint density at radius 1 is 0.962 bits per heavy atom. The van der Waals surface area contributed by atoms with Gasteiger partial charge in [-0.15, -0.1) is 12.4 Å². The molecule has 138 valence electrons. The summed E-state index contributed by atoms with van der Waals surface area (Å²) < 4.78 is 16.5. The van der Waals surface area contributed by atoms with Crippen molar-refractivity contribution in [3.8, 4) is 17.2 Å². The molecular formula is C20H23ClN2O3. The fourth-order valence-corrected chi connectivity index (χ4v) is 3.73. The van der Waals surface area contributed by atoms with Crippen LogP contribution in [0.2, 0.25) is 0 Å². The van der Waals surface area contributed by atoms with E-state index in [-0.39, 0.29) is 18.4 Å². The van der Waals surface area contributed by atoms with Gasteiger partial charge in [-0.05, 0) is 35.7 Å². The van der Waals surface area contributed by atoms with Gasteiger partial charge in [-0.1, -0.05) is 18.2 Å². The van der Waals surface area contributed by atoms with E-state index in [1.165, 1.54) is 22.2 Å². The van der Waals surface area contributed by atoms with Crippen LogP contribution in [0.25, 0.3) is 10.9 Å². The third kappa shape index (κ3) is 2.87. The highest BCUT2D eigenvalue weighted by Crippen LogP contribution is 2.42. The second-order valence-corrected chi connectivity index (χ2v) is 6.16. The molecule has 1 aliphatic heterocycles. The molecule has 1 atom stereocenters. The lowest BCUT2D eigenvalue weighted by Gasteiger charge is -2.26. The quantitative estimate of drug-likeness (QED) is 0.728. The molecule has 2 N–H and O–H groups in total. The first-order chi connectivity index (χ1) is 12.3. The maximum Gasteiger partial charge on any atom is 0.203 e. The minimum absolute atomic E-state index is 0. The van der Waals surface area contributed by atoms with Gasteiger partial charge < -0.3 is 24.5 Å². The number of methoxy groups -OCH3 is 3. The Morgan fingerprint density at radius 3 is 2.31 bits per heavy atom. The van der Waals surface area contributed by atoms with Gasteiger partial charge in [0.25, 0.3) is 0 Å². The summed E-state index contributed by atoms with van der Waals surface area (Å²) in [4.78, 5) is 3.59. The molecule has 3 aromatic rings. The number of para-hydroxylation sites is 1. The van der Waals surface area contributed by atoms with Gasteiger partial charge in [-0.2, -0.15) is 0 Å². The summed E-state index contributed by atoms with van der Waals surface area (Å²) >= 11 is 0. The fourth-order valence-electron chi connectivity index (χ4n) is 3.73. The summed E-state index contributed by atoms with van der Waals surface area (Å²) in [5.74, 6) is 1.95. The topological polar surface area (TPSA) is 55.5 Å². The Labute approximate surface area is 159 Å². The van der Waals surface area contributed by atoms with Crippen LogP contribution in [0.5, 0.6) is 17.2 Å². The van der Waals surface area contributed by atoms with Crippen molar-refractivity contribution in [2.24, 2.45) is 0 Å². The Balaban J connectivity index is 0.00000196. The Hall–Kier alpha value is -2.37. The van der Waals surface area contributed by atoms with E-state index in [9.17, 15) is 0 Å². The molecule has 0 aliphatic carbocycles. The van der Waals surface area contributed by atoms with E-state index in [4.69, 9.17) is 14.2 Å². The van der Waals surface area contributed by atoms with Crippen LogP contribution >= 0.6 is 12.4 Å². The summed E-state index contributed by atoms with van der Waals surface area (Å²) in [6, 6.07) is 12.5.